The molecule has 0 aliphatic rings. The maximum Gasteiger partial charge on any atom is 0.144 e. The zero-order valence-corrected chi connectivity index (χ0v) is 7.51. The van der Waals surface area contributed by atoms with E-state index in [2.05, 4.69) is 9.36 Å². The van der Waals surface area contributed by atoms with Crippen LogP contribution in [0.3, 0.4) is 0 Å². The molecule has 2 nitrogen and oxygen atoms in total. The van der Waals surface area contributed by atoms with Crippen LogP contribution < -0.4 is 0 Å². The molecule has 1 aromatic carbocycles. The van der Waals surface area contributed by atoms with E-state index in [1.807, 2.05) is 37.3 Å². The Bertz CT molecular complexity index is 367. The maximum atomic E-state index is 4.29. The summed E-state index contributed by atoms with van der Waals surface area (Å²) in [5.41, 5.74) is 1.14. The van der Waals surface area contributed by atoms with Crippen LogP contribution in [0.5, 0.6) is 0 Å². The number of benzene rings is 1. The lowest BCUT2D eigenvalue weighted by atomic mass is 10.2. The zero-order valence-electron chi connectivity index (χ0n) is 6.69. The second-order valence-corrected chi connectivity index (χ2v) is 3.26. The van der Waals surface area contributed by atoms with Crippen molar-refractivity contribution in [1.29, 1.82) is 0 Å². The second kappa shape index (κ2) is 3.03. The van der Waals surface area contributed by atoms with Crippen molar-refractivity contribution in [2.24, 2.45) is 0 Å². The molecule has 1 heterocycles. The molecule has 3 heteroatoms. The van der Waals surface area contributed by atoms with Gasteiger partial charge in [-0.3, -0.25) is 0 Å². The van der Waals surface area contributed by atoms with Gasteiger partial charge >= 0.3 is 0 Å². The molecule has 0 spiro atoms. The molecule has 1 aromatic heterocycles. The van der Waals surface area contributed by atoms with Gasteiger partial charge in [0.25, 0.3) is 0 Å². The van der Waals surface area contributed by atoms with Gasteiger partial charge in [0.05, 0.1) is 0 Å². The van der Waals surface area contributed by atoms with Crippen LogP contribution in [0.15, 0.2) is 30.3 Å². The lowest BCUT2D eigenvalue weighted by Gasteiger charge is -1.91. The first-order valence-electron chi connectivity index (χ1n) is 3.72. The van der Waals surface area contributed by atoms with Crippen LogP contribution in [0.2, 0.25) is 0 Å². The highest BCUT2D eigenvalue weighted by Crippen LogP contribution is 2.19. The summed E-state index contributed by atoms with van der Waals surface area (Å²) in [5, 5.41) is 0.994. The Morgan fingerprint density at radius 1 is 1.17 bits per heavy atom. The Morgan fingerprint density at radius 2 is 1.92 bits per heavy atom. The van der Waals surface area contributed by atoms with E-state index in [9.17, 15) is 0 Å². The molecule has 0 fully saturated rings. The fraction of sp³-hybridized carbons (Fsp3) is 0.111. The van der Waals surface area contributed by atoms with Crippen LogP contribution in [-0.2, 0) is 0 Å². The van der Waals surface area contributed by atoms with Gasteiger partial charge in [0.15, 0.2) is 0 Å². The average molecular weight is 176 g/mol. The van der Waals surface area contributed by atoms with Crippen molar-refractivity contribution in [3.05, 3.63) is 36.2 Å². The number of hydrogen-bond donors (Lipinski definition) is 0. The maximum absolute atomic E-state index is 4.29. The highest BCUT2D eigenvalue weighted by molar-refractivity contribution is 7.09. The molecule has 60 valence electrons. The van der Waals surface area contributed by atoms with Crippen molar-refractivity contribution in [1.82, 2.24) is 9.36 Å². The highest BCUT2D eigenvalue weighted by Gasteiger charge is 2.00. The standard InChI is InChI=1S/C9H8N2S/c1-7-10-9(12-11-7)8-5-3-2-4-6-8/h2-6H,1H3. The Morgan fingerprint density at radius 3 is 2.50 bits per heavy atom. The van der Waals surface area contributed by atoms with Gasteiger partial charge in [-0.25, -0.2) is 4.98 Å². The Labute approximate surface area is 75.1 Å². The van der Waals surface area contributed by atoms with Gasteiger partial charge in [0.2, 0.25) is 0 Å². The summed E-state index contributed by atoms with van der Waals surface area (Å²) in [7, 11) is 0. The molecule has 2 rings (SSSR count). The number of aryl methyl sites for hydroxylation is 1. The van der Waals surface area contributed by atoms with Gasteiger partial charge in [-0.15, -0.1) is 0 Å². The molecule has 0 saturated carbocycles. The van der Waals surface area contributed by atoms with Crippen LogP contribution in [0, 0.1) is 6.92 Å². The summed E-state index contributed by atoms with van der Waals surface area (Å²) >= 11 is 1.44. The van der Waals surface area contributed by atoms with Crippen molar-refractivity contribution in [3.8, 4) is 10.6 Å². The van der Waals surface area contributed by atoms with Gasteiger partial charge in [-0.05, 0) is 18.5 Å². The highest BCUT2D eigenvalue weighted by atomic mass is 32.1. The lowest BCUT2D eigenvalue weighted by Crippen LogP contribution is -1.75. The van der Waals surface area contributed by atoms with E-state index in [0.717, 1.165) is 16.4 Å². The molecule has 0 bridgehead atoms. The van der Waals surface area contributed by atoms with Crippen molar-refractivity contribution < 1.29 is 0 Å². The minimum absolute atomic E-state index is 0.846. The van der Waals surface area contributed by atoms with Gasteiger partial charge in [-0.1, -0.05) is 30.3 Å². The first-order chi connectivity index (χ1) is 5.86. The van der Waals surface area contributed by atoms with E-state index in [1.165, 1.54) is 11.5 Å². The van der Waals surface area contributed by atoms with Gasteiger partial charge in [-0.2, -0.15) is 4.37 Å². The SMILES string of the molecule is Cc1nsc(-c2ccccc2)n1. The van der Waals surface area contributed by atoms with Crippen LogP contribution in [0.4, 0.5) is 0 Å². The lowest BCUT2D eigenvalue weighted by molar-refractivity contribution is 1.17. The Balaban J connectivity index is 2.45. The largest absolute Gasteiger partial charge is 0.220 e. The van der Waals surface area contributed by atoms with Gasteiger partial charge in [0.1, 0.15) is 10.8 Å². The van der Waals surface area contributed by atoms with Crippen molar-refractivity contribution in [2.75, 3.05) is 0 Å². The van der Waals surface area contributed by atoms with Crippen LogP contribution in [0.25, 0.3) is 10.6 Å². The molecule has 0 amide bonds. The van der Waals surface area contributed by atoms with Gasteiger partial charge in [0, 0.05) is 5.56 Å². The summed E-state index contributed by atoms with van der Waals surface area (Å²) < 4.78 is 4.12. The van der Waals surface area contributed by atoms with E-state index in [-0.39, 0.29) is 0 Å². The smallest absolute Gasteiger partial charge is 0.144 e. The predicted octanol–water partition coefficient (Wildman–Crippen LogP) is 2.51. The molecule has 12 heavy (non-hydrogen) atoms. The van der Waals surface area contributed by atoms with Gasteiger partial charge < -0.3 is 0 Å². The molecule has 0 aliphatic heterocycles. The first-order valence-corrected chi connectivity index (χ1v) is 4.49. The molecule has 2 aromatic rings. The normalized spacial score (nSPS) is 10.1. The minimum Gasteiger partial charge on any atom is -0.220 e. The monoisotopic (exact) mass is 176 g/mol. The number of nitrogens with zero attached hydrogens (tertiary/aromatic N) is 2. The molecule has 0 unspecified atom stereocenters. The van der Waals surface area contributed by atoms with E-state index >= 15 is 0 Å². The van der Waals surface area contributed by atoms with E-state index < -0.39 is 0 Å². The fourth-order valence-electron chi connectivity index (χ4n) is 0.995. The fourth-order valence-corrected chi connectivity index (χ4v) is 1.67. The van der Waals surface area contributed by atoms with E-state index in [0.29, 0.717) is 0 Å². The summed E-state index contributed by atoms with van der Waals surface area (Å²) in [6.07, 6.45) is 0. The summed E-state index contributed by atoms with van der Waals surface area (Å²) in [5.74, 6) is 0.846. The Hall–Kier alpha value is -1.22. The summed E-state index contributed by atoms with van der Waals surface area (Å²) in [4.78, 5) is 4.29. The predicted molar refractivity (Wildman–Crippen MR) is 50.1 cm³/mol. The van der Waals surface area contributed by atoms with E-state index in [4.69, 9.17) is 0 Å². The molecule has 0 aliphatic carbocycles. The molecule has 0 saturated heterocycles. The van der Waals surface area contributed by atoms with Crippen LogP contribution in [-0.4, -0.2) is 9.36 Å². The quantitative estimate of drug-likeness (QED) is 0.667. The number of rotatable bonds is 1. The molecule has 0 radical (unpaired) electrons. The van der Waals surface area contributed by atoms with E-state index in [1.54, 1.807) is 0 Å². The molecular weight excluding hydrogens is 168 g/mol. The third-order valence-electron chi connectivity index (χ3n) is 1.55. The second-order valence-electron chi connectivity index (χ2n) is 2.51. The average Bonchev–Trinajstić information content (AvgIpc) is 2.54. The topological polar surface area (TPSA) is 25.8 Å². The minimum atomic E-state index is 0.846. The third kappa shape index (κ3) is 1.36. The molecular formula is C9H8N2S. The zero-order chi connectivity index (χ0) is 8.39. The summed E-state index contributed by atoms with van der Waals surface area (Å²) in [6.45, 7) is 1.91. The molecule has 0 N–H and O–H groups in total. The number of aromatic nitrogens is 2. The third-order valence-corrected chi connectivity index (χ3v) is 2.40. The first kappa shape index (κ1) is 7.43. The Kier molecular flexibility index (Phi) is 1.87. The van der Waals surface area contributed by atoms with Crippen molar-refractivity contribution >= 4 is 11.5 Å². The van der Waals surface area contributed by atoms with Crippen molar-refractivity contribution in [2.45, 2.75) is 6.92 Å². The van der Waals surface area contributed by atoms with Crippen LogP contribution >= 0.6 is 11.5 Å². The summed E-state index contributed by atoms with van der Waals surface area (Å²) in [6, 6.07) is 10.1. The van der Waals surface area contributed by atoms with Crippen molar-refractivity contribution in [3.63, 3.8) is 0 Å². The number of hydrogen-bond acceptors (Lipinski definition) is 3. The van der Waals surface area contributed by atoms with Crippen LogP contribution in [0.1, 0.15) is 5.82 Å². The molecule has 0 atom stereocenters.